The standard InChI is InChI=1S/C8H8N2O2S4/c9-16(11,12)10-6-3-4-8(14-6)15-7-2-1-5-13-7/h1-5,10H,(H2,9,11,12). The molecular weight excluding hydrogens is 284 g/mol. The van der Waals surface area contributed by atoms with Crippen LogP contribution in [0.3, 0.4) is 0 Å². The van der Waals surface area contributed by atoms with Gasteiger partial charge in [-0.25, -0.2) is 5.14 Å². The second-order valence-electron chi connectivity index (χ2n) is 2.80. The third kappa shape index (κ3) is 3.49. The zero-order chi connectivity index (χ0) is 11.6. The van der Waals surface area contributed by atoms with Crippen LogP contribution in [0.15, 0.2) is 38.1 Å². The highest BCUT2D eigenvalue weighted by molar-refractivity contribution is 8.03. The van der Waals surface area contributed by atoms with Crippen molar-refractivity contribution in [2.24, 2.45) is 5.14 Å². The Kier molecular flexibility index (Phi) is 3.55. The van der Waals surface area contributed by atoms with Crippen molar-refractivity contribution in [3.63, 3.8) is 0 Å². The quantitative estimate of drug-likeness (QED) is 0.909. The van der Waals surface area contributed by atoms with Crippen LogP contribution in [0, 0.1) is 0 Å². The third-order valence-corrected chi connectivity index (χ3v) is 5.32. The van der Waals surface area contributed by atoms with Gasteiger partial charge >= 0.3 is 0 Å². The minimum absolute atomic E-state index is 0.529. The lowest BCUT2D eigenvalue weighted by Gasteiger charge is -1.97. The number of nitrogens with one attached hydrogen (secondary N) is 1. The van der Waals surface area contributed by atoms with Crippen LogP contribution in [-0.2, 0) is 10.2 Å². The fourth-order valence-corrected chi connectivity index (χ4v) is 4.76. The summed E-state index contributed by atoms with van der Waals surface area (Å²) in [6, 6.07) is 7.56. The molecule has 2 aromatic rings. The van der Waals surface area contributed by atoms with Gasteiger partial charge in [-0.15, -0.1) is 22.7 Å². The summed E-state index contributed by atoms with van der Waals surface area (Å²) in [7, 11) is -3.67. The molecule has 2 rings (SSSR count). The van der Waals surface area contributed by atoms with Crippen LogP contribution in [0.25, 0.3) is 0 Å². The smallest absolute Gasteiger partial charge is 0.262 e. The largest absolute Gasteiger partial charge is 0.297 e. The maximum Gasteiger partial charge on any atom is 0.297 e. The Morgan fingerprint density at radius 3 is 2.69 bits per heavy atom. The van der Waals surface area contributed by atoms with E-state index in [4.69, 9.17) is 5.14 Å². The van der Waals surface area contributed by atoms with E-state index in [0.29, 0.717) is 5.00 Å². The number of anilines is 1. The molecule has 0 saturated carbocycles. The second-order valence-corrected chi connectivity index (χ2v) is 7.73. The van der Waals surface area contributed by atoms with Crippen molar-refractivity contribution in [1.29, 1.82) is 0 Å². The lowest BCUT2D eigenvalue weighted by atomic mass is 10.6. The predicted octanol–water partition coefficient (Wildman–Crippen LogP) is 2.58. The molecule has 86 valence electrons. The number of thiophene rings is 2. The minimum atomic E-state index is -3.67. The summed E-state index contributed by atoms with van der Waals surface area (Å²) >= 11 is 4.61. The van der Waals surface area contributed by atoms with E-state index in [1.54, 1.807) is 29.2 Å². The number of nitrogens with two attached hydrogens (primary N) is 1. The molecule has 2 heterocycles. The van der Waals surface area contributed by atoms with E-state index in [2.05, 4.69) is 4.72 Å². The molecule has 0 bridgehead atoms. The fraction of sp³-hybridized carbons (Fsp3) is 0. The van der Waals surface area contributed by atoms with Crippen LogP contribution in [-0.4, -0.2) is 8.42 Å². The van der Waals surface area contributed by atoms with Gasteiger partial charge in [0.2, 0.25) is 0 Å². The molecule has 4 nitrogen and oxygen atoms in total. The van der Waals surface area contributed by atoms with Crippen molar-refractivity contribution in [3.05, 3.63) is 29.6 Å². The molecule has 0 saturated heterocycles. The van der Waals surface area contributed by atoms with Gasteiger partial charge in [-0.05, 0) is 23.6 Å². The van der Waals surface area contributed by atoms with Gasteiger partial charge in [0.05, 0.1) is 8.42 Å². The lowest BCUT2D eigenvalue weighted by molar-refractivity contribution is 0.603. The Morgan fingerprint density at radius 2 is 2.06 bits per heavy atom. The molecule has 3 N–H and O–H groups in total. The molecule has 0 unspecified atom stereocenters. The van der Waals surface area contributed by atoms with Crippen molar-refractivity contribution >= 4 is 49.6 Å². The molecule has 0 spiro atoms. The van der Waals surface area contributed by atoms with E-state index in [0.717, 1.165) is 4.21 Å². The highest BCUT2D eigenvalue weighted by Crippen LogP contribution is 2.37. The summed E-state index contributed by atoms with van der Waals surface area (Å²) in [5.41, 5.74) is 0. The van der Waals surface area contributed by atoms with E-state index >= 15 is 0 Å². The molecule has 0 aliphatic heterocycles. The molecule has 2 aromatic heterocycles. The molecule has 0 amide bonds. The highest BCUT2D eigenvalue weighted by Gasteiger charge is 2.06. The summed E-state index contributed by atoms with van der Waals surface area (Å²) in [4.78, 5) is 0. The molecule has 16 heavy (non-hydrogen) atoms. The SMILES string of the molecule is NS(=O)(=O)Nc1ccc(Sc2cccs2)s1. The Bertz CT molecular complexity index is 559. The van der Waals surface area contributed by atoms with Gasteiger partial charge in [-0.3, -0.25) is 4.72 Å². The second kappa shape index (κ2) is 4.76. The summed E-state index contributed by atoms with van der Waals surface area (Å²) < 4.78 is 26.0. The first-order valence-electron chi connectivity index (χ1n) is 4.15. The number of hydrogen-bond acceptors (Lipinski definition) is 5. The molecule has 0 aliphatic rings. The average molecular weight is 292 g/mol. The summed E-state index contributed by atoms with van der Waals surface area (Å²) in [6.07, 6.45) is 0. The minimum Gasteiger partial charge on any atom is -0.262 e. The molecule has 8 heteroatoms. The first-order valence-corrected chi connectivity index (χ1v) is 8.20. The maximum atomic E-state index is 10.8. The third-order valence-electron chi connectivity index (χ3n) is 1.52. The van der Waals surface area contributed by atoms with E-state index in [1.807, 2.05) is 23.6 Å². The van der Waals surface area contributed by atoms with E-state index in [1.165, 1.54) is 15.5 Å². The normalized spacial score (nSPS) is 11.6. The first-order chi connectivity index (χ1) is 7.53. The molecule has 0 fully saturated rings. The van der Waals surface area contributed by atoms with Crippen LogP contribution in [0.1, 0.15) is 0 Å². The van der Waals surface area contributed by atoms with E-state index in [-0.39, 0.29) is 0 Å². The highest BCUT2D eigenvalue weighted by atomic mass is 32.2. The van der Waals surface area contributed by atoms with Gasteiger partial charge in [0.1, 0.15) is 5.00 Å². The van der Waals surface area contributed by atoms with E-state index in [9.17, 15) is 8.42 Å². The van der Waals surface area contributed by atoms with Crippen molar-refractivity contribution in [3.8, 4) is 0 Å². The Hall–Kier alpha value is -0.540. The number of hydrogen-bond donors (Lipinski definition) is 2. The van der Waals surface area contributed by atoms with Crippen molar-refractivity contribution in [1.82, 2.24) is 0 Å². The van der Waals surface area contributed by atoms with Crippen LogP contribution >= 0.6 is 34.4 Å². The molecule has 0 aliphatic carbocycles. The van der Waals surface area contributed by atoms with Crippen LogP contribution in [0.5, 0.6) is 0 Å². The van der Waals surface area contributed by atoms with Gasteiger partial charge in [-0.1, -0.05) is 17.8 Å². The molecule has 0 aromatic carbocycles. The summed E-state index contributed by atoms with van der Waals surface area (Å²) in [6.45, 7) is 0. The summed E-state index contributed by atoms with van der Waals surface area (Å²) in [5, 5.41) is 7.40. The van der Waals surface area contributed by atoms with Crippen molar-refractivity contribution in [2.45, 2.75) is 8.42 Å². The Morgan fingerprint density at radius 1 is 1.25 bits per heavy atom. The Balaban J connectivity index is 2.08. The van der Waals surface area contributed by atoms with Gasteiger partial charge in [0.15, 0.2) is 0 Å². The van der Waals surface area contributed by atoms with Crippen molar-refractivity contribution in [2.75, 3.05) is 4.72 Å². The van der Waals surface area contributed by atoms with Crippen LogP contribution in [0.2, 0.25) is 0 Å². The lowest BCUT2D eigenvalue weighted by Crippen LogP contribution is -2.20. The summed E-state index contributed by atoms with van der Waals surface area (Å²) in [5.74, 6) is 0. The zero-order valence-corrected chi connectivity index (χ0v) is 11.2. The fourth-order valence-electron chi connectivity index (χ4n) is 0.991. The maximum absolute atomic E-state index is 10.8. The monoisotopic (exact) mass is 292 g/mol. The molecule has 0 atom stereocenters. The average Bonchev–Trinajstić information content (AvgIpc) is 2.75. The van der Waals surface area contributed by atoms with E-state index < -0.39 is 10.2 Å². The predicted molar refractivity (Wildman–Crippen MR) is 69.5 cm³/mol. The topological polar surface area (TPSA) is 72.2 Å². The Labute approximate surface area is 106 Å². The van der Waals surface area contributed by atoms with Gasteiger partial charge in [0.25, 0.3) is 10.2 Å². The van der Waals surface area contributed by atoms with Crippen LogP contribution < -0.4 is 9.86 Å². The first kappa shape index (κ1) is 11.9. The number of rotatable bonds is 4. The van der Waals surface area contributed by atoms with Crippen molar-refractivity contribution < 1.29 is 8.42 Å². The molecular formula is C8H8N2O2S4. The van der Waals surface area contributed by atoms with Gasteiger partial charge in [0, 0.05) is 0 Å². The van der Waals surface area contributed by atoms with Gasteiger partial charge in [-0.2, -0.15) is 8.42 Å². The molecule has 0 radical (unpaired) electrons. The van der Waals surface area contributed by atoms with Gasteiger partial charge < -0.3 is 0 Å². The zero-order valence-electron chi connectivity index (χ0n) is 7.91. The van der Waals surface area contributed by atoms with Crippen LogP contribution in [0.4, 0.5) is 5.00 Å².